The quantitative estimate of drug-likeness (QED) is 0.300. The van der Waals surface area contributed by atoms with E-state index in [0.29, 0.717) is 31.1 Å². The lowest BCUT2D eigenvalue weighted by Crippen LogP contribution is -2.58. The van der Waals surface area contributed by atoms with Crippen molar-refractivity contribution < 1.29 is 14.3 Å². The maximum atomic E-state index is 12.9. The van der Waals surface area contributed by atoms with Gasteiger partial charge in [0.2, 0.25) is 0 Å². The van der Waals surface area contributed by atoms with Gasteiger partial charge in [-0.3, -0.25) is 19.5 Å². The fourth-order valence-electron chi connectivity index (χ4n) is 5.12. The van der Waals surface area contributed by atoms with E-state index in [1.165, 1.54) is 0 Å². The number of nitrogens with zero attached hydrogens (tertiary/aromatic N) is 5. The van der Waals surface area contributed by atoms with Crippen molar-refractivity contribution in [1.82, 2.24) is 30.2 Å². The van der Waals surface area contributed by atoms with Crippen LogP contribution in [-0.2, 0) is 16.1 Å². The number of anilines is 2. The van der Waals surface area contributed by atoms with Crippen LogP contribution in [0.5, 0.6) is 0 Å². The van der Waals surface area contributed by atoms with E-state index < -0.39 is 0 Å². The Balaban J connectivity index is 1.08. The highest BCUT2D eigenvalue weighted by Gasteiger charge is 2.27. The number of fused-ring (bicyclic) bond motifs is 1. The van der Waals surface area contributed by atoms with Crippen molar-refractivity contribution in [3.8, 4) is 23.1 Å². The molecule has 208 valence electrons. The largest absolute Gasteiger partial charge is 0.378 e. The van der Waals surface area contributed by atoms with Gasteiger partial charge in [-0.25, -0.2) is 9.97 Å². The lowest BCUT2D eigenvalue weighted by atomic mass is 10.1. The number of carbonyl (C=O) groups is 2. The second-order valence-electron chi connectivity index (χ2n) is 10.1. The smallest absolute Gasteiger partial charge is 0.296 e. The zero-order valence-electron chi connectivity index (χ0n) is 22.7. The summed E-state index contributed by atoms with van der Waals surface area (Å²) in [6.45, 7) is 6.76. The Kier molecular flexibility index (Phi) is 7.58. The number of hydrogen-bond donors (Lipinski definition) is 3. The lowest BCUT2D eigenvalue weighted by Gasteiger charge is -2.39. The summed E-state index contributed by atoms with van der Waals surface area (Å²) >= 11 is 0. The number of amides is 2. The van der Waals surface area contributed by atoms with E-state index >= 15 is 0 Å². The van der Waals surface area contributed by atoms with Gasteiger partial charge in [-0.15, -0.1) is 0 Å². The summed E-state index contributed by atoms with van der Waals surface area (Å²) in [7, 11) is 0. The summed E-state index contributed by atoms with van der Waals surface area (Å²) in [5.41, 5.74) is 4.68. The number of H-pyrrole nitrogens is 1. The standard InChI is InChI=1S/C30H30N8O3/c1-2-3-27(39)34-23-17-37(18-23)16-20-8-9-31-26(14-20)30(40)35-22-6-4-21(5-7-22)25-15-24-28(36-25)32-19-33-29(24)38-10-12-41-13-11-38/h4-9,14-15,19,23H,10-13,16-18H2,1H3,(H,34,39)(H,35,40)(H,32,33,36). The fraction of sp³-hybridized carbons (Fsp3) is 0.300. The maximum absolute atomic E-state index is 12.9. The Morgan fingerprint density at radius 2 is 1.88 bits per heavy atom. The highest BCUT2D eigenvalue weighted by Crippen LogP contribution is 2.29. The Hall–Kier alpha value is -4.79. The predicted molar refractivity (Wildman–Crippen MR) is 155 cm³/mol. The van der Waals surface area contributed by atoms with Gasteiger partial charge in [0.05, 0.1) is 24.6 Å². The van der Waals surface area contributed by atoms with Crippen LogP contribution in [0, 0.1) is 11.8 Å². The second kappa shape index (κ2) is 11.8. The molecule has 4 aromatic rings. The molecular weight excluding hydrogens is 520 g/mol. The van der Waals surface area contributed by atoms with Crippen molar-refractivity contribution >= 4 is 34.4 Å². The number of ether oxygens (including phenoxy) is 1. The average Bonchev–Trinajstić information content (AvgIpc) is 3.42. The molecule has 0 saturated carbocycles. The van der Waals surface area contributed by atoms with Crippen LogP contribution in [0.3, 0.4) is 0 Å². The van der Waals surface area contributed by atoms with Crippen LogP contribution in [0.2, 0.25) is 0 Å². The van der Waals surface area contributed by atoms with E-state index in [9.17, 15) is 9.59 Å². The minimum absolute atomic E-state index is 0.0973. The summed E-state index contributed by atoms with van der Waals surface area (Å²) < 4.78 is 5.48. The van der Waals surface area contributed by atoms with Gasteiger partial charge in [-0.2, -0.15) is 0 Å². The number of rotatable bonds is 7. The molecule has 11 heteroatoms. The Morgan fingerprint density at radius 3 is 2.66 bits per heavy atom. The molecule has 0 aliphatic carbocycles. The molecule has 3 N–H and O–H groups in total. The van der Waals surface area contributed by atoms with Gasteiger partial charge in [-0.1, -0.05) is 18.1 Å². The first-order valence-corrected chi connectivity index (χ1v) is 13.5. The lowest BCUT2D eigenvalue weighted by molar-refractivity contribution is -0.117. The van der Waals surface area contributed by atoms with Gasteiger partial charge < -0.3 is 25.3 Å². The zero-order chi connectivity index (χ0) is 28.2. The number of pyridine rings is 1. The van der Waals surface area contributed by atoms with Gasteiger partial charge >= 0.3 is 0 Å². The molecule has 2 fully saturated rings. The number of benzene rings is 1. The number of aromatic nitrogens is 4. The van der Waals surface area contributed by atoms with Gasteiger partial charge in [-0.05, 0) is 54.3 Å². The molecule has 11 nitrogen and oxygen atoms in total. The summed E-state index contributed by atoms with van der Waals surface area (Å²) in [4.78, 5) is 45.6. The van der Waals surface area contributed by atoms with E-state index in [4.69, 9.17) is 4.74 Å². The van der Waals surface area contributed by atoms with E-state index in [1.54, 1.807) is 25.5 Å². The Morgan fingerprint density at radius 1 is 1.07 bits per heavy atom. The van der Waals surface area contributed by atoms with Crippen molar-refractivity contribution in [2.75, 3.05) is 49.6 Å². The molecule has 5 heterocycles. The number of aromatic amines is 1. The molecule has 0 bridgehead atoms. The van der Waals surface area contributed by atoms with E-state index in [0.717, 1.165) is 59.9 Å². The summed E-state index contributed by atoms with van der Waals surface area (Å²) in [6.07, 6.45) is 3.23. The first kappa shape index (κ1) is 26.4. The number of likely N-dealkylation sites (tertiary alicyclic amines) is 1. The molecule has 3 aromatic heterocycles. The van der Waals surface area contributed by atoms with Crippen molar-refractivity contribution in [3.05, 3.63) is 66.2 Å². The van der Waals surface area contributed by atoms with Crippen LogP contribution in [0.4, 0.5) is 11.5 Å². The highest BCUT2D eigenvalue weighted by atomic mass is 16.5. The molecule has 2 amide bonds. The van der Waals surface area contributed by atoms with E-state index in [1.807, 2.05) is 30.3 Å². The first-order chi connectivity index (χ1) is 20.1. The van der Waals surface area contributed by atoms with Crippen LogP contribution in [-0.4, -0.2) is 82.1 Å². The molecule has 2 aliphatic rings. The van der Waals surface area contributed by atoms with E-state index in [2.05, 4.69) is 58.3 Å². The van der Waals surface area contributed by atoms with Gasteiger partial charge in [0.1, 0.15) is 23.5 Å². The third-order valence-corrected chi connectivity index (χ3v) is 7.16. The number of morpholine rings is 1. The average molecular weight is 551 g/mol. The van der Waals surface area contributed by atoms with Crippen LogP contribution in [0.15, 0.2) is 55.0 Å². The number of hydrogen-bond acceptors (Lipinski definition) is 8. The predicted octanol–water partition coefficient (Wildman–Crippen LogP) is 2.43. The third-order valence-electron chi connectivity index (χ3n) is 7.16. The number of carbonyl (C=O) groups excluding carboxylic acids is 2. The van der Waals surface area contributed by atoms with Crippen LogP contribution >= 0.6 is 0 Å². The molecule has 0 radical (unpaired) electrons. The van der Waals surface area contributed by atoms with Crippen LogP contribution < -0.4 is 15.5 Å². The van der Waals surface area contributed by atoms with Crippen molar-refractivity contribution in [2.45, 2.75) is 19.5 Å². The minimum atomic E-state index is -0.275. The van der Waals surface area contributed by atoms with Crippen LogP contribution in [0.1, 0.15) is 23.0 Å². The summed E-state index contributed by atoms with van der Waals surface area (Å²) in [5.74, 6) is 5.48. The fourth-order valence-corrected chi connectivity index (χ4v) is 5.12. The van der Waals surface area contributed by atoms with Gasteiger partial charge in [0.15, 0.2) is 0 Å². The summed E-state index contributed by atoms with van der Waals surface area (Å²) in [5, 5.41) is 6.79. The first-order valence-electron chi connectivity index (χ1n) is 13.5. The number of nitrogens with one attached hydrogen (secondary N) is 3. The molecule has 0 atom stereocenters. The third kappa shape index (κ3) is 6.04. The SMILES string of the molecule is CC#CC(=O)NC1CN(Cc2ccnc(C(=O)Nc3ccc(-c4cc5c(N6CCOCC6)ncnc5[nH]4)cc3)c2)C1. The highest BCUT2D eigenvalue weighted by molar-refractivity contribution is 6.03. The Bertz CT molecular complexity index is 1630. The van der Waals surface area contributed by atoms with Gasteiger partial charge in [0.25, 0.3) is 11.8 Å². The van der Waals surface area contributed by atoms with Crippen LogP contribution in [0.25, 0.3) is 22.3 Å². The van der Waals surface area contributed by atoms with E-state index in [-0.39, 0.29) is 17.9 Å². The molecule has 6 rings (SSSR count). The molecule has 0 spiro atoms. The van der Waals surface area contributed by atoms with Crippen molar-refractivity contribution in [2.24, 2.45) is 0 Å². The van der Waals surface area contributed by atoms with Gasteiger partial charge in [0, 0.05) is 50.3 Å². The molecule has 1 aromatic carbocycles. The minimum Gasteiger partial charge on any atom is -0.378 e. The molecule has 2 saturated heterocycles. The summed E-state index contributed by atoms with van der Waals surface area (Å²) in [6, 6.07) is 13.5. The topological polar surface area (TPSA) is 128 Å². The molecular formula is C30H30N8O3. The normalized spacial score (nSPS) is 15.6. The monoisotopic (exact) mass is 550 g/mol. The van der Waals surface area contributed by atoms with Crippen molar-refractivity contribution in [3.63, 3.8) is 0 Å². The molecule has 2 aliphatic heterocycles. The maximum Gasteiger partial charge on any atom is 0.296 e. The van der Waals surface area contributed by atoms with Crippen molar-refractivity contribution in [1.29, 1.82) is 0 Å². The molecule has 41 heavy (non-hydrogen) atoms. The zero-order valence-corrected chi connectivity index (χ0v) is 22.7. The molecule has 0 unspecified atom stereocenters. The Labute approximate surface area is 237 Å². The second-order valence-corrected chi connectivity index (χ2v) is 10.1.